The first-order chi connectivity index (χ1) is 14.0. The highest BCUT2D eigenvalue weighted by Crippen LogP contribution is 2.26. The lowest BCUT2D eigenvalue weighted by molar-refractivity contribution is -0.143. The molecule has 1 atom stereocenters. The number of rotatable bonds is 7. The van der Waals surface area contributed by atoms with Crippen LogP contribution in [-0.4, -0.2) is 18.5 Å². The van der Waals surface area contributed by atoms with Gasteiger partial charge in [0.15, 0.2) is 6.61 Å². The number of nitrogens with one attached hydrogen (secondary N) is 1. The van der Waals surface area contributed by atoms with Gasteiger partial charge in [-0.25, -0.2) is 9.18 Å². The Hall–Kier alpha value is -3.25. The minimum absolute atomic E-state index is 0.348. The number of carbonyl (C=O) groups excluding carboxylic acids is 2. The predicted molar refractivity (Wildman–Crippen MR) is 112 cm³/mol. The highest BCUT2D eigenvalue weighted by Gasteiger charge is 2.18. The quantitative estimate of drug-likeness (QED) is 0.456. The molecule has 0 spiro atoms. The van der Waals surface area contributed by atoms with Crippen LogP contribution in [0, 0.1) is 12.7 Å². The van der Waals surface area contributed by atoms with Crippen molar-refractivity contribution < 1.29 is 18.7 Å². The van der Waals surface area contributed by atoms with Crippen molar-refractivity contribution in [3.8, 4) is 0 Å². The van der Waals surface area contributed by atoms with E-state index in [-0.39, 0.29) is 5.82 Å². The molecular formula is C23H20FNO3S. The lowest BCUT2D eigenvalue weighted by Crippen LogP contribution is -2.32. The van der Waals surface area contributed by atoms with Crippen LogP contribution in [0.1, 0.15) is 27.6 Å². The molecule has 0 radical (unpaired) electrons. The van der Waals surface area contributed by atoms with Gasteiger partial charge in [0.1, 0.15) is 5.82 Å². The van der Waals surface area contributed by atoms with Gasteiger partial charge in [-0.15, -0.1) is 11.3 Å². The molecule has 148 valence electrons. The monoisotopic (exact) mass is 409 g/mol. The maximum absolute atomic E-state index is 13.2. The third kappa shape index (κ3) is 6.12. The van der Waals surface area contributed by atoms with Gasteiger partial charge in [0, 0.05) is 11.0 Å². The molecule has 0 aliphatic heterocycles. The number of halogens is 1. The fraction of sp³-hybridized carbons (Fsp3) is 0.130. The zero-order valence-electron chi connectivity index (χ0n) is 15.8. The van der Waals surface area contributed by atoms with Gasteiger partial charge in [-0.05, 0) is 47.7 Å². The molecule has 0 aliphatic rings. The Bertz CT molecular complexity index is 997. The number of benzene rings is 2. The van der Waals surface area contributed by atoms with E-state index in [2.05, 4.69) is 5.32 Å². The van der Waals surface area contributed by atoms with Gasteiger partial charge in [-0.1, -0.05) is 48.0 Å². The Morgan fingerprint density at radius 3 is 2.62 bits per heavy atom. The molecule has 3 aromatic rings. The van der Waals surface area contributed by atoms with Crippen molar-refractivity contribution >= 4 is 29.3 Å². The smallest absolute Gasteiger partial charge is 0.331 e. The summed E-state index contributed by atoms with van der Waals surface area (Å²) in [5.74, 6) is -1.39. The molecule has 0 fully saturated rings. The summed E-state index contributed by atoms with van der Waals surface area (Å²) in [4.78, 5) is 25.1. The summed E-state index contributed by atoms with van der Waals surface area (Å²) in [6, 6.07) is 16.9. The molecule has 0 unspecified atom stereocenters. The van der Waals surface area contributed by atoms with E-state index in [9.17, 15) is 14.0 Å². The number of thiophene rings is 1. The average Bonchev–Trinajstić information content (AvgIpc) is 3.24. The lowest BCUT2D eigenvalue weighted by Gasteiger charge is -2.18. The molecule has 0 saturated heterocycles. The molecule has 1 N–H and O–H groups in total. The van der Waals surface area contributed by atoms with Crippen molar-refractivity contribution in [1.29, 1.82) is 0 Å². The molecule has 4 nitrogen and oxygen atoms in total. The van der Waals surface area contributed by atoms with Crippen molar-refractivity contribution in [3.63, 3.8) is 0 Å². The topological polar surface area (TPSA) is 55.4 Å². The van der Waals surface area contributed by atoms with E-state index in [4.69, 9.17) is 4.74 Å². The van der Waals surface area contributed by atoms with Gasteiger partial charge in [0.2, 0.25) is 0 Å². The van der Waals surface area contributed by atoms with Crippen molar-refractivity contribution in [1.82, 2.24) is 5.32 Å². The molecule has 0 bridgehead atoms. The second-order valence-corrected chi connectivity index (χ2v) is 7.40. The number of aryl methyl sites for hydroxylation is 1. The normalized spacial score (nSPS) is 11.9. The number of ether oxygens (including phenoxy) is 1. The second-order valence-electron chi connectivity index (χ2n) is 6.42. The van der Waals surface area contributed by atoms with Gasteiger partial charge in [0.25, 0.3) is 5.91 Å². The Morgan fingerprint density at radius 1 is 1.14 bits per heavy atom. The minimum Gasteiger partial charge on any atom is -0.452 e. The maximum atomic E-state index is 13.2. The third-order valence-electron chi connectivity index (χ3n) is 4.14. The van der Waals surface area contributed by atoms with Gasteiger partial charge >= 0.3 is 5.97 Å². The molecule has 29 heavy (non-hydrogen) atoms. The number of carbonyl (C=O) groups is 2. The molecule has 0 saturated carbocycles. The van der Waals surface area contributed by atoms with Gasteiger partial charge in [-0.3, -0.25) is 4.79 Å². The average molecular weight is 409 g/mol. The number of esters is 1. The maximum Gasteiger partial charge on any atom is 0.331 e. The molecule has 1 amide bonds. The van der Waals surface area contributed by atoms with Crippen molar-refractivity contribution in [2.24, 2.45) is 0 Å². The number of hydrogen-bond donors (Lipinski definition) is 1. The predicted octanol–water partition coefficient (Wildman–Crippen LogP) is 4.66. The zero-order chi connectivity index (χ0) is 20.6. The summed E-state index contributed by atoms with van der Waals surface area (Å²) < 4.78 is 18.3. The Kier molecular flexibility index (Phi) is 6.92. The van der Waals surface area contributed by atoms with Crippen molar-refractivity contribution in [3.05, 3.63) is 99.5 Å². The van der Waals surface area contributed by atoms with Crippen LogP contribution in [0.3, 0.4) is 0 Å². The summed E-state index contributed by atoms with van der Waals surface area (Å²) in [6.45, 7) is 1.56. The van der Waals surface area contributed by atoms with Crippen LogP contribution < -0.4 is 5.32 Å². The first kappa shape index (κ1) is 20.5. The summed E-state index contributed by atoms with van der Waals surface area (Å²) in [7, 11) is 0. The molecular weight excluding hydrogens is 389 g/mol. The SMILES string of the molecule is Cc1cccc(/C=C/C(=O)OCC(=O)N[C@@H](c2ccc(F)cc2)c2cccs2)c1. The summed E-state index contributed by atoms with van der Waals surface area (Å²) in [6.07, 6.45) is 2.93. The highest BCUT2D eigenvalue weighted by molar-refractivity contribution is 7.10. The third-order valence-corrected chi connectivity index (χ3v) is 5.07. The van der Waals surface area contributed by atoms with Crippen LogP contribution in [0.5, 0.6) is 0 Å². The van der Waals surface area contributed by atoms with E-state index in [1.165, 1.54) is 29.5 Å². The molecule has 0 aliphatic carbocycles. The van der Waals surface area contributed by atoms with Crippen molar-refractivity contribution in [2.75, 3.05) is 6.61 Å². The van der Waals surface area contributed by atoms with E-state index in [0.717, 1.165) is 21.6 Å². The first-order valence-corrected chi connectivity index (χ1v) is 9.89. The van der Waals surface area contributed by atoms with Gasteiger partial charge in [0.05, 0.1) is 6.04 Å². The molecule has 1 heterocycles. The van der Waals surface area contributed by atoms with Gasteiger partial charge < -0.3 is 10.1 Å². The van der Waals surface area contributed by atoms with E-state index in [1.807, 2.05) is 48.7 Å². The van der Waals surface area contributed by atoms with Crippen LogP contribution in [0.25, 0.3) is 6.08 Å². The van der Waals surface area contributed by atoms with E-state index < -0.39 is 24.5 Å². The van der Waals surface area contributed by atoms with Crippen LogP contribution in [-0.2, 0) is 14.3 Å². The first-order valence-electron chi connectivity index (χ1n) is 9.01. The van der Waals surface area contributed by atoms with Crippen LogP contribution >= 0.6 is 11.3 Å². The van der Waals surface area contributed by atoms with E-state index in [1.54, 1.807) is 18.2 Å². The van der Waals surface area contributed by atoms with Crippen LogP contribution in [0.15, 0.2) is 72.1 Å². The van der Waals surface area contributed by atoms with Gasteiger partial charge in [-0.2, -0.15) is 0 Å². The largest absolute Gasteiger partial charge is 0.452 e. The Labute approximate surface area is 172 Å². The summed E-state index contributed by atoms with van der Waals surface area (Å²) in [5, 5.41) is 4.74. The summed E-state index contributed by atoms with van der Waals surface area (Å²) >= 11 is 1.48. The number of hydrogen-bond acceptors (Lipinski definition) is 4. The number of amides is 1. The van der Waals surface area contributed by atoms with Crippen LogP contribution in [0.2, 0.25) is 0 Å². The fourth-order valence-corrected chi connectivity index (χ4v) is 3.56. The molecule has 1 aromatic heterocycles. The standard InChI is InChI=1S/C23H20FNO3S/c1-16-4-2-5-17(14-16)7-12-22(27)28-15-21(26)25-23(20-6-3-13-29-20)18-8-10-19(24)11-9-18/h2-14,23H,15H2,1H3,(H,25,26)/b12-7+/t23-/m0/s1. The minimum atomic E-state index is -0.601. The Balaban J connectivity index is 1.59. The zero-order valence-corrected chi connectivity index (χ0v) is 16.6. The molecule has 2 aromatic carbocycles. The van der Waals surface area contributed by atoms with Crippen molar-refractivity contribution in [2.45, 2.75) is 13.0 Å². The molecule has 3 rings (SSSR count). The lowest BCUT2D eigenvalue weighted by atomic mass is 10.1. The van der Waals surface area contributed by atoms with E-state index in [0.29, 0.717) is 0 Å². The van der Waals surface area contributed by atoms with E-state index >= 15 is 0 Å². The fourth-order valence-electron chi connectivity index (χ4n) is 2.75. The molecule has 6 heteroatoms. The highest BCUT2D eigenvalue weighted by atomic mass is 32.1. The van der Waals surface area contributed by atoms with Crippen LogP contribution in [0.4, 0.5) is 4.39 Å². The Morgan fingerprint density at radius 2 is 1.93 bits per heavy atom. The second kappa shape index (κ2) is 9.80. The summed E-state index contributed by atoms with van der Waals surface area (Å²) in [5.41, 5.74) is 2.70.